The number of rotatable bonds is 7. The molecular weight excluding hydrogens is 484 g/mol. The highest BCUT2D eigenvalue weighted by molar-refractivity contribution is 7.89. The number of sulfonamides is 1. The second-order valence-electron chi connectivity index (χ2n) is 7.48. The van der Waals surface area contributed by atoms with Crippen molar-refractivity contribution in [1.29, 1.82) is 0 Å². The van der Waals surface area contributed by atoms with Crippen LogP contribution >= 0.6 is 0 Å². The molecule has 6 nitrogen and oxygen atoms in total. The molecule has 0 radical (unpaired) electrons. The van der Waals surface area contributed by atoms with Crippen molar-refractivity contribution in [3.05, 3.63) is 102 Å². The minimum atomic E-state index is -4.22. The van der Waals surface area contributed by atoms with Crippen molar-refractivity contribution in [2.24, 2.45) is 0 Å². The number of aryl methyl sites for hydroxylation is 1. The first kappa shape index (κ1) is 23.8. The Balaban J connectivity index is 1.69. The summed E-state index contributed by atoms with van der Waals surface area (Å²) in [5, 5.41) is 0.416. The predicted molar refractivity (Wildman–Crippen MR) is 123 cm³/mol. The van der Waals surface area contributed by atoms with Crippen LogP contribution in [0.2, 0.25) is 0 Å². The fourth-order valence-electron chi connectivity index (χ4n) is 3.38. The van der Waals surface area contributed by atoms with Crippen molar-refractivity contribution < 1.29 is 29.8 Å². The summed E-state index contributed by atoms with van der Waals surface area (Å²) < 4.78 is 86.8. The van der Waals surface area contributed by atoms with Crippen LogP contribution in [-0.4, -0.2) is 16.8 Å². The molecule has 0 aliphatic carbocycles. The molecule has 0 atom stereocenters. The summed E-state index contributed by atoms with van der Waals surface area (Å²) in [5.74, 6) is -1.81. The van der Waals surface area contributed by atoms with Gasteiger partial charge >= 0.3 is 10.1 Å². The maximum Gasteiger partial charge on any atom is 0.339 e. The second kappa shape index (κ2) is 9.13. The molecule has 0 fully saturated rings. The van der Waals surface area contributed by atoms with Crippen LogP contribution in [0.25, 0.3) is 10.8 Å². The third-order valence-corrected chi connectivity index (χ3v) is 7.85. The van der Waals surface area contributed by atoms with Crippen LogP contribution in [-0.2, 0) is 26.7 Å². The Kier molecular flexibility index (Phi) is 6.39. The zero-order valence-corrected chi connectivity index (χ0v) is 19.5. The van der Waals surface area contributed by atoms with Gasteiger partial charge in [-0.1, -0.05) is 48.0 Å². The normalized spacial score (nSPS) is 12.1. The van der Waals surface area contributed by atoms with Crippen LogP contribution in [0.5, 0.6) is 5.75 Å². The Morgan fingerprint density at radius 2 is 1.35 bits per heavy atom. The van der Waals surface area contributed by atoms with E-state index in [0.29, 0.717) is 0 Å². The van der Waals surface area contributed by atoms with Crippen molar-refractivity contribution >= 4 is 30.9 Å². The molecule has 10 heteroatoms. The molecule has 1 N–H and O–H groups in total. The number of nitrogens with one attached hydrogen (secondary N) is 1. The van der Waals surface area contributed by atoms with Gasteiger partial charge in [0.05, 0.1) is 4.90 Å². The first-order valence-electron chi connectivity index (χ1n) is 10.0. The zero-order valence-electron chi connectivity index (χ0n) is 17.8. The Morgan fingerprint density at radius 1 is 0.765 bits per heavy atom. The third-order valence-electron chi connectivity index (χ3n) is 5.14. The van der Waals surface area contributed by atoms with E-state index in [2.05, 4.69) is 4.72 Å². The average molecular weight is 504 g/mol. The van der Waals surface area contributed by atoms with E-state index >= 15 is 0 Å². The van der Waals surface area contributed by atoms with Crippen LogP contribution in [0.1, 0.15) is 11.1 Å². The van der Waals surface area contributed by atoms with Gasteiger partial charge < -0.3 is 4.18 Å². The van der Waals surface area contributed by atoms with Crippen molar-refractivity contribution in [1.82, 2.24) is 4.72 Å². The van der Waals surface area contributed by atoms with Gasteiger partial charge in [-0.05, 0) is 43.3 Å². The van der Waals surface area contributed by atoms with Crippen molar-refractivity contribution in [3.63, 3.8) is 0 Å². The van der Waals surface area contributed by atoms with Crippen molar-refractivity contribution in [2.75, 3.05) is 0 Å². The fourth-order valence-corrected chi connectivity index (χ4v) is 5.54. The third kappa shape index (κ3) is 4.79. The molecule has 0 saturated heterocycles. The summed E-state index contributed by atoms with van der Waals surface area (Å²) in [6.45, 7) is 1.22. The first-order chi connectivity index (χ1) is 16.1. The molecule has 4 aromatic carbocycles. The lowest BCUT2D eigenvalue weighted by molar-refractivity contribution is 0.488. The smallest absolute Gasteiger partial charge is 0.339 e. The second-order valence-corrected chi connectivity index (χ2v) is 10.8. The van der Waals surface area contributed by atoms with E-state index in [1.807, 2.05) is 6.92 Å². The maximum atomic E-state index is 13.9. The van der Waals surface area contributed by atoms with Crippen LogP contribution in [0.4, 0.5) is 8.78 Å². The number of hydrogen-bond acceptors (Lipinski definition) is 5. The Hall–Kier alpha value is -3.34. The minimum absolute atomic E-state index is 0.0486. The van der Waals surface area contributed by atoms with E-state index < -0.39 is 43.9 Å². The molecule has 0 aliphatic heterocycles. The number of hydrogen-bond donors (Lipinski definition) is 1. The van der Waals surface area contributed by atoms with Gasteiger partial charge in [-0.2, -0.15) is 8.42 Å². The lowest BCUT2D eigenvalue weighted by Gasteiger charge is -2.13. The molecule has 4 aromatic rings. The average Bonchev–Trinajstić information content (AvgIpc) is 2.78. The summed E-state index contributed by atoms with van der Waals surface area (Å²) in [5.41, 5.74) is 0.459. The van der Waals surface area contributed by atoms with Gasteiger partial charge in [0, 0.05) is 22.9 Å². The molecule has 0 bridgehead atoms. The molecular formula is C24H19F2NO5S2. The van der Waals surface area contributed by atoms with E-state index in [9.17, 15) is 25.6 Å². The topological polar surface area (TPSA) is 89.5 Å². The summed E-state index contributed by atoms with van der Waals surface area (Å²) in [6.07, 6.45) is 0. The highest BCUT2D eigenvalue weighted by atomic mass is 32.2. The molecule has 0 unspecified atom stereocenters. The minimum Gasteiger partial charge on any atom is -0.378 e. The standard InChI is InChI=1S/C24H19F2NO5S2/c1-16-11-13-17(14-12-16)34(30,31)32-23-9-2-6-19-18(23)5-3-10-24(19)33(28,29)27-15-20-21(25)7-4-8-22(20)26/h2-14,27H,15H2,1H3. The molecule has 0 amide bonds. The van der Waals surface area contributed by atoms with E-state index in [-0.39, 0.29) is 26.3 Å². The Bertz CT molecular complexity index is 1570. The van der Waals surface area contributed by atoms with Gasteiger partial charge in [0.2, 0.25) is 10.0 Å². The molecule has 34 heavy (non-hydrogen) atoms. The van der Waals surface area contributed by atoms with Crippen LogP contribution in [0, 0.1) is 18.6 Å². The van der Waals surface area contributed by atoms with Crippen molar-refractivity contribution in [3.8, 4) is 5.75 Å². The summed E-state index contributed by atoms with van der Waals surface area (Å²) in [4.78, 5) is -0.243. The Labute approximate surface area is 196 Å². The molecule has 0 saturated carbocycles. The fraction of sp³-hybridized carbons (Fsp3) is 0.0833. The lowest BCUT2D eigenvalue weighted by atomic mass is 10.1. The highest BCUT2D eigenvalue weighted by Crippen LogP contribution is 2.32. The number of fused-ring (bicyclic) bond motifs is 1. The summed E-state index contributed by atoms with van der Waals surface area (Å²) >= 11 is 0. The SMILES string of the molecule is Cc1ccc(S(=O)(=O)Oc2cccc3c(S(=O)(=O)NCc4c(F)cccc4F)cccc23)cc1. The molecule has 176 valence electrons. The summed E-state index contributed by atoms with van der Waals surface area (Å²) in [6, 6.07) is 17.9. The summed E-state index contributed by atoms with van der Waals surface area (Å²) in [7, 11) is -8.40. The molecule has 0 heterocycles. The Morgan fingerprint density at radius 3 is 2.03 bits per heavy atom. The van der Waals surface area contributed by atoms with Gasteiger partial charge in [0.15, 0.2) is 5.75 Å². The lowest BCUT2D eigenvalue weighted by Crippen LogP contribution is -2.24. The van der Waals surface area contributed by atoms with Crippen molar-refractivity contribution in [2.45, 2.75) is 23.3 Å². The first-order valence-corrected chi connectivity index (χ1v) is 12.9. The highest BCUT2D eigenvalue weighted by Gasteiger charge is 2.22. The quantitative estimate of drug-likeness (QED) is 0.370. The predicted octanol–water partition coefficient (Wildman–Crippen LogP) is 4.67. The van der Waals surface area contributed by atoms with Gasteiger partial charge in [-0.25, -0.2) is 21.9 Å². The largest absolute Gasteiger partial charge is 0.378 e. The number of benzene rings is 4. The van der Waals surface area contributed by atoms with E-state index in [1.165, 1.54) is 54.6 Å². The van der Waals surface area contributed by atoms with Gasteiger partial charge in [-0.15, -0.1) is 0 Å². The van der Waals surface area contributed by atoms with E-state index in [0.717, 1.165) is 17.7 Å². The van der Waals surface area contributed by atoms with Gasteiger partial charge in [0.1, 0.15) is 16.5 Å². The number of halogens is 2. The molecule has 0 aromatic heterocycles. The van der Waals surface area contributed by atoms with Crippen LogP contribution in [0.15, 0.2) is 88.7 Å². The molecule has 0 aliphatic rings. The zero-order chi connectivity index (χ0) is 24.5. The van der Waals surface area contributed by atoms with Crippen LogP contribution in [0.3, 0.4) is 0 Å². The monoisotopic (exact) mass is 503 g/mol. The molecule has 0 spiro atoms. The van der Waals surface area contributed by atoms with Crippen LogP contribution < -0.4 is 8.91 Å². The maximum absolute atomic E-state index is 13.9. The van der Waals surface area contributed by atoms with E-state index in [1.54, 1.807) is 12.1 Å². The van der Waals surface area contributed by atoms with Gasteiger partial charge in [0.25, 0.3) is 0 Å². The molecule has 4 rings (SSSR count). The van der Waals surface area contributed by atoms with Gasteiger partial charge in [-0.3, -0.25) is 0 Å². The van der Waals surface area contributed by atoms with E-state index in [4.69, 9.17) is 4.18 Å².